The second-order valence-corrected chi connectivity index (χ2v) is 7.54. The number of aromatic nitrogens is 1. The van der Waals surface area contributed by atoms with Crippen LogP contribution in [0.2, 0.25) is 0 Å². The molecule has 3 rings (SSSR count). The summed E-state index contributed by atoms with van der Waals surface area (Å²) in [6, 6.07) is 8.57. The summed E-state index contributed by atoms with van der Waals surface area (Å²) in [5.74, 6) is 0. The van der Waals surface area contributed by atoms with Crippen LogP contribution in [-0.4, -0.2) is 18.1 Å². The van der Waals surface area contributed by atoms with E-state index in [9.17, 15) is 0 Å². The first-order valence-electron chi connectivity index (χ1n) is 7.57. The summed E-state index contributed by atoms with van der Waals surface area (Å²) in [4.78, 5) is 7.28. The van der Waals surface area contributed by atoms with E-state index in [1.165, 1.54) is 22.1 Å². The Balaban J connectivity index is 1.83. The smallest absolute Gasteiger partial charge is 0.112 e. The zero-order valence-corrected chi connectivity index (χ0v) is 13.8. The van der Waals surface area contributed by atoms with Crippen LogP contribution in [0.3, 0.4) is 0 Å². The van der Waals surface area contributed by atoms with Gasteiger partial charge in [0.05, 0.1) is 23.6 Å². The molecule has 0 aliphatic carbocycles. The molecule has 0 amide bonds. The van der Waals surface area contributed by atoms with Crippen molar-refractivity contribution in [2.45, 2.75) is 39.2 Å². The first-order chi connectivity index (χ1) is 10.0. The van der Waals surface area contributed by atoms with Gasteiger partial charge in [0.1, 0.15) is 5.01 Å². The number of thiazole rings is 1. The van der Waals surface area contributed by atoms with Gasteiger partial charge < -0.3 is 10.2 Å². The van der Waals surface area contributed by atoms with Gasteiger partial charge in [0.25, 0.3) is 0 Å². The Morgan fingerprint density at radius 2 is 2.10 bits per heavy atom. The van der Waals surface area contributed by atoms with Gasteiger partial charge in [-0.05, 0) is 18.6 Å². The maximum atomic E-state index is 4.84. The highest BCUT2D eigenvalue weighted by Crippen LogP contribution is 2.30. The van der Waals surface area contributed by atoms with Gasteiger partial charge in [-0.3, -0.25) is 0 Å². The minimum Gasteiger partial charge on any atom is -0.383 e. The largest absolute Gasteiger partial charge is 0.383 e. The minimum absolute atomic E-state index is 0.132. The number of hydrogen-bond acceptors (Lipinski definition) is 4. The van der Waals surface area contributed by atoms with Crippen LogP contribution in [0.4, 0.5) is 11.4 Å². The lowest BCUT2D eigenvalue weighted by Crippen LogP contribution is -2.23. The van der Waals surface area contributed by atoms with E-state index in [0.717, 1.165) is 26.1 Å². The molecular weight excluding hydrogens is 278 g/mol. The fourth-order valence-corrected chi connectivity index (χ4v) is 3.60. The molecule has 0 unspecified atom stereocenters. The van der Waals surface area contributed by atoms with E-state index in [0.29, 0.717) is 0 Å². The van der Waals surface area contributed by atoms with Gasteiger partial charge in [-0.25, -0.2) is 4.98 Å². The molecule has 112 valence electrons. The number of nitrogens with one attached hydrogen (secondary N) is 1. The highest BCUT2D eigenvalue weighted by Gasteiger charge is 2.20. The summed E-state index contributed by atoms with van der Waals surface area (Å²) < 4.78 is 0. The molecule has 1 aliphatic heterocycles. The molecule has 0 radical (unpaired) electrons. The lowest BCUT2D eigenvalue weighted by molar-refractivity contribution is 0.570. The molecule has 2 aromatic rings. The molecule has 1 N–H and O–H groups in total. The highest BCUT2D eigenvalue weighted by atomic mass is 32.1. The van der Waals surface area contributed by atoms with Crippen LogP contribution in [0, 0.1) is 0 Å². The summed E-state index contributed by atoms with van der Waals surface area (Å²) in [5.41, 5.74) is 3.86. The standard InChI is InChI=1S/C17H23N3S/c1-17(2,3)15-12-21-16(19-15)11-20-10-6-9-18-13-7-4-5-8-14(13)20/h4-5,7-8,12,18H,6,9-11H2,1-3H3. The van der Waals surface area contributed by atoms with E-state index < -0.39 is 0 Å². The summed E-state index contributed by atoms with van der Waals surface area (Å²) in [6.45, 7) is 9.68. The van der Waals surface area contributed by atoms with E-state index >= 15 is 0 Å². The Morgan fingerprint density at radius 3 is 2.86 bits per heavy atom. The molecule has 0 saturated carbocycles. The van der Waals surface area contributed by atoms with Crippen molar-refractivity contribution in [3.8, 4) is 0 Å². The maximum absolute atomic E-state index is 4.84. The summed E-state index contributed by atoms with van der Waals surface area (Å²) in [6.07, 6.45) is 1.16. The first-order valence-corrected chi connectivity index (χ1v) is 8.45. The molecule has 0 fully saturated rings. The van der Waals surface area contributed by atoms with Crippen molar-refractivity contribution in [2.75, 3.05) is 23.3 Å². The summed E-state index contributed by atoms with van der Waals surface area (Å²) >= 11 is 1.78. The summed E-state index contributed by atoms with van der Waals surface area (Å²) in [7, 11) is 0. The van der Waals surface area contributed by atoms with Crippen LogP contribution in [0.1, 0.15) is 37.9 Å². The van der Waals surface area contributed by atoms with Crippen LogP contribution >= 0.6 is 11.3 Å². The van der Waals surface area contributed by atoms with E-state index in [1.807, 2.05) is 0 Å². The molecule has 21 heavy (non-hydrogen) atoms. The number of hydrogen-bond donors (Lipinski definition) is 1. The number of anilines is 2. The number of fused-ring (bicyclic) bond motifs is 1. The zero-order chi connectivity index (χ0) is 14.9. The number of nitrogens with zero attached hydrogens (tertiary/aromatic N) is 2. The van der Waals surface area contributed by atoms with Crippen molar-refractivity contribution in [1.29, 1.82) is 0 Å². The molecule has 0 bridgehead atoms. The fourth-order valence-electron chi connectivity index (χ4n) is 2.57. The fraction of sp³-hybridized carbons (Fsp3) is 0.471. The monoisotopic (exact) mass is 301 g/mol. The van der Waals surface area contributed by atoms with E-state index in [2.05, 4.69) is 60.6 Å². The average molecular weight is 301 g/mol. The molecule has 2 heterocycles. The lowest BCUT2D eigenvalue weighted by atomic mass is 9.93. The zero-order valence-electron chi connectivity index (χ0n) is 13.0. The molecule has 0 atom stereocenters. The Labute approximate surface area is 131 Å². The first kappa shape index (κ1) is 14.4. The van der Waals surface area contributed by atoms with Gasteiger partial charge >= 0.3 is 0 Å². The van der Waals surface area contributed by atoms with Crippen LogP contribution < -0.4 is 10.2 Å². The van der Waals surface area contributed by atoms with E-state index in [1.54, 1.807) is 11.3 Å². The second-order valence-electron chi connectivity index (χ2n) is 6.60. The van der Waals surface area contributed by atoms with Crippen LogP contribution in [0.25, 0.3) is 0 Å². The van der Waals surface area contributed by atoms with Gasteiger partial charge in [0.15, 0.2) is 0 Å². The van der Waals surface area contributed by atoms with Crippen molar-refractivity contribution in [1.82, 2.24) is 4.98 Å². The third-order valence-electron chi connectivity index (χ3n) is 3.81. The van der Waals surface area contributed by atoms with Crippen molar-refractivity contribution in [3.05, 3.63) is 40.3 Å². The molecule has 4 heteroatoms. The van der Waals surface area contributed by atoms with E-state index in [-0.39, 0.29) is 5.41 Å². The maximum Gasteiger partial charge on any atom is 0.112 e. The molecule has 3 nitrogen and oxygen atoms in total. The topological polar surface area (TPSA) is 28.2 Å². The Kier molecular flexibility index (Phi) is 3.89. The normalized spacial score (nSPS) is 15.3. The molecular formula is C17H23N3S. The summed E-state index contributed by atoms with van der Waals surface area (Å²) in [5, 5.41) is 6.92. The minimum atomic E-state index is 0.132. The Bertz CT molecular complexity index is 612. The SMILES string of the molecule is CC(C)(C)c1csc(CN2CCCNc3ccccc32)n1. The third-order valence-corrected chi connectivity index (χ3v) is 4.64. The highest BCUT2D eigenvalue weighted by molar-refractivity contribution is 7.09. The van der Waals surface area contributed by atoms with Gasteiger partial charge in [0, 0.05) is 23.9 Å². The predicted octanol–water partition coefficient (Wildman–Crippen LogP) is 4.26. The molecule has 0 spiro atoms. The second kappa shape index (κ2) is 5.68. The van der Waals surface area contributed by atoms with Crippen molar-refractivity contribution in [3.63, 3.8) is 0 Å². The van der Waals surface area contributed by atoms with Crippen molar-refractivity contribution >= 4 is 22.7 Å². The van der Waals surface area contributed by atoms with Crippen LogP contribution in [0.15, 0.2) is 29.6 Å². The van der Waals surface area contributed by atoms with Gasteiger partial charge in [-0.1, -0.05) is 32.9 Å². The number of rotatable bonds is 2. The molecule has 1 aromatic heterocycles. The van der Waals surface area contributed by atoms with Crippen molar-refractivity contribution in [2.24, 2.45) is 0 Å². The Hall–Kier alpha value is -1.55. The molecule has 1 aliphatic rings. The van der Waals surface area contributed by atoms with Gasteiger partial charge in [-0.15, -0.1) is 11.3 Å². The number of para-hydroxylation sites is 2. The van der Waals surface area contributed by atoms with Crippen molar-refractivity contribution < 1.29 is 0 Å². The molecule has 1 aromatic carbocycles. The van der Waals surface area contributed by atoms with Gasteiger partial charge in [-0.2, -0.15) is 0 Å². The predicted molar refractivity (Wildman–Crippen MR) is 91.4 cm³/mol. The quantitative estimate of drug-likeness (QED) is 0.898. The van der Waals surface area contributed by atoms with Crippen LogP contribution in [-0.2, 0) is 12.0 Å². The van der Waals surface area contributed by atoms with Gasteiger partial charge in [0.2, 0.25) is 0 Å². The average Bonchev–Trinajstić information content (AvgIpc) is 2.82. The number of benzene rings is 1. The molecule has 0 saturated heterocycles. The van der Waals surface area contributed by atoms with E-state index in [4.69, 9.17) is 4.98 Å². The lowest BCUT2D eigenvalue weighted by Gasteiger charge is -2.23. The Morgan fingerprint density at radius 1 is 1.29 bits per heavy atom. The third kappa shape index (κ3) is 3.21. The van der Waals surface area contributed by atoms with Crippen LogP contribution in [0.5, 0.6) is 0 Å².